The van der Waals surface area contributed by atoms with Crippen LogP contribution in [0.1, 0.15) is 15.9 Å². The van der Waals surface area contributed by atoms with Gasteiger partial charge in [-0.15, -0.1) is 0 Å². The third-order valence-corrected chi connectivity index (χ3v) is 2.87. The Labute approximate surface area is 119 Å². The van der Waals surface area contributed by atoms with Gasteiger partial charge in [0, 0.05) is 17.2 Å². The molecule has 2 rings (SSSR count). The van der Waals surface area contributed by atoms with Gasteiger partial charge in [-0.2, -0.15) is 0 Å². The molecular formula is C14H10ClNO4. The number of aldehydes is 1. The summed E-state index contributed by atoms with van der Waals surface area (Å²) in [4.78, 5) is 21.4. The molecule has 0 atom stereocenters. The van der Waals surface area contributed by atoms with Gasteiger partial charge in [0.05, 0.1) is 10.5 Å². The van der Waals surface area contributed by atoms with E-state index >= 15 is 0 Å². The van der Waals surface area contributed by atoms with Crippen molar-refractivity contribution >= 4 is 23.6 Å². The highest BCUT2D eigenvalue weighted by Gasteiger charge is 2.17. The summed E-state index contributed by atoms with van der Waals surface area (Å²) in [7, 11) is 0. The minimum atomic E-state index is -0.569. The Hall–Kier alpha value is -2.40. The number of carbonyl (C=O) groups excluding carboxylic acids is 1. The van der Waals surface area contributed by atoms with Gasteiger partial charge in [-0.3, -0.25) is 14.9 Å². The van der Waals surface area contributed by atoms with Crippen LogP contribution in [0.5, 0.6) is 11.5 Å². The standard InChI is InChI=1S/C14H10ClNO4/c1-9-2-5-13(10(6-9)8-17)20-14-7-11(15)3-4-12(14)16(18)19/h2-8H,1H3. The molecule has 0 unspecified atom stereocenters. The summed E-state index contributed by atoms with van der Waals surface area (Å²) in [5, 5.41) is 11.3. The van der Waals surface area contributed by atoms with Crippen molar-refractivity contribution in [1.82, 2.24) is 0 Å². The smallest absolute Gasteiger partial charge is 0.311 e. The number of aryl methyl sites for hydroxylation is 1. The maximum absolute atomic E-state index is 11.0. The van der Waals surface area contributed by atoms with E-state index in [1.807, 2.05) is 6.92 Å². The predicted molar refractivity (Wildman–Crippen MR) is 74.7 cm³/mol. The van der Waals surface area contributed by atoms with Crippen LogP contribution < -0.4 is 4.74 Å². The third-order valence-electron chi connectivity index (χ3n) is 2.63. The Kier molecular flexibility index (Phi) is 4.00. The first-order chi connectivity index (χ1) is 9.51. The molecule has 0 spiro atoms. The number of rotatable bonds is 4. The molecule has 0 aliphatic rings. The first kappa shape index (κ1) is 14.0. The zero-order chi connectivity index (χ0) is 14.7. The molecule has 0 N–H and O–H groups in total. The van der Waals surface area contributed by atoms with Crippen molar-refractivity contribution in [2.45, 2.75) is 6.92 Å². The first-order valence-corrected chi connectivity index (χ1v) is 6.06. The van der Waals surface area contributed by atoms with Crippen molar-refractivity contribution in [3.63, 3.8) is 0 Å². The number of nitro benzene ring substituents is 1. The molecule has 0 amide bonds. The zero-order valence-electron chi connectivity index (χ0n) is 10.5. The van der Waals surface area contributed by atoms with E-state index in [1.54, 1.807) is 18.2 Å². The van der Waals surface area contributed by atoms with Crippen LogP contribution in [0.25, 0.3) is 0 Å². The fourth-order valence-electron chi connectivity index (χ4n) is 1.69. The van der Waals surface area contributed by atoms with E-state index in [-0.39, 0.29) is 17.2 Å². The fraction of sp³-hybridized carbons (Fsp3) is 0.0714. The molecule has 0 aliphatic heterocycles. The van der Waals surface area contributed by atoms with Crippen LogP contribution in [0.15, 0.2) is 36.4 Å². The largest absolute Gasteiger partial charge is 0.449 e. The minimum Gasteiger partial charge on any atom is -0.449 e. The topological polar surface area (TPSA) is 69.4 Å². The van der Waals surface area contributed by atoms with Crippen LogP contribution in [-0.4, -0.2) is 11.2 Å². The zero-order valence-corrected chi connectivity index (χ0v) is 11.3. The van der Waals surface area contributed by atoms with Crippen LogP contribution in [0.4, 0.5) is 5.69 Å². The normalized spacial score (nSPS) is 10.1. The SMILES string of the molecule is Cc1ccc(Oc2cc(Cl)ccc2[N+](=O)[O-])c(C=O)c1. The molecule has 2 aromatic rings. The maximum atomic E-state index is 11.0. The average Bonchev–Trinajstić information content (AvgIpc) is 2.40. The van der Waals surface area contributed by atoms with E-state index in [0.717, 1.165) is 5.56 Å². The second-order valence-corrected chi connectivity index (χ2v) is 4.57. The van der Waals surface area contributed by atoms with E-state index < -0.39 is 4.92 Å². The molecule has 2 aromatic carbocycles. The van der Waals surface area contributed by atoms with Gasteiger partial charge in [0.25, 0.3) is 0 Å². The predicted octanol–water partition coefficient (Wildman–Crippen LogP) is 4.16. The van der Waals surface area contributed by atoms with Gasteiger partial charge >= 0.3 is 5.69 Å². The van der Waals surface area contributed by atoms with Crippen LogP contribution in [0, 0.1) is 17.0 Å². The Morgan fingerprint density at radius 3 is 2.60 bits per heavy atom. The number of nitro groups is 1. The molecule has 6 heteroatoms. The molecule has 0 heterocycles. The van der Waals surface area contributed by atoms with E-state index in [9.17, 15) is 14.9 Å². The summed E-state index contributed by atoms with van der Waals surface area (Å²) in [6, 6.07) is 8.98. The van der Waals surface area contributed by atoms with Crippen molar-refractivity contribution in [3.8, 4) is 11.5 Å². The average molecular weight is 292 g/mol. The van der Waals surface area contributed by atoms with Gasteiger partial charge < -0.3 is 4.74 Å². The van der Waals surface area contributed by atoms with Gasteiger partial charge in [0.1, 0.15) is 5.75 Å². The number of nitrogens with zero attached hydrogens (tertiary/aromatic N) is 1. The van der Waals surface area contributed by atoms with Gasteiger partial charge in [-0.05, 0) is 25.1 Å². The third kappa shape index (κ3) is 2.95. The molecule has 0 saturated heterocycles. The lowest BCUT2D eigenvalue weighted by Crippen LogP contribution is -1.96. The molecule has 102 valence electrons. The first-order valence-electron chi connectivity index (χ1n) is 5.69. The summed E-state index contributed by atoms with van der Waals surface area (Å²) in [6.45, 7) is 1.83. The Bertz CT molecular complexity index is 685. The lowest BCUT2D eigenvalue weighted by molar-refractivity contribution is -0.385. The number of hydrogen-bond acceptors (Lipinski definition) is 4. The van der Waals surface area contributed by atoms with Gasteiger partial charge in [0.15, 0.2) is 6.29 Å². The van der Waals surface area contributed by atoms with Crippen molar-refractivity contribution < 1.29 is 14.5 Å². The van der Waals surface area contributed by atoms with Crippen molar-refractivity contribution in [3.05, 3.63) is 62.7 Å². The van der Waals surface area contributed by atoms with Crippen molar-refractivity contribution in [2.24, 2.45) is 0 Å². The van der Waals surface area contributed by atoms with Gasteiger partial charge in [0.2, 0.25) is 5.75 Å². The second kappa shape index (κ2) is 5.71. The molecule has 5 nitrogen and oxygen atoms in total. The van der Waals surface area contributed by atoms with Gasteiger partial charge in [-0.25, -0.2) is 0 Å². The Morgan fingerprint density at radius 2 is 1.95 bits per heavy atom. The summed E-state index contributed by atoms with van der Waals surface area (Å²) >= 11 is 5.81. The minimum absolute atomic E-state index is 0.00514. The van der Waals surface area contributed by atoms with E-state index in [4.69, 9.17) is 16.3 Å². The molecule has 0 saturated carbocycles. The van der Waals surface area contributed by atoms with Crippen LogP contribution in [0.3, 0.4) is 0 Å². The molecule has 0 fully saturated rings. The van der Waals surface area contributed by atoms with Crippen LogP contribution >= 0.6 is 11.6 Å². The summed E-state index contributed by atoms with van der Waals surface area (Å²) in [6.07, 6.45) is 0.638. The highest BCUT2D eigenvalue weighted by Crippen LogP contribution is 2.34. The number of carbonyl (C=O) groups is 1. The number of benzene rings is 2. The molecule has 0 aromatic heterocycles. The highest BCUT2D eigenvalue weighted by molar-refractivity contribution is 6.30. The monoisotopic (exact) mass is 291 g/mol. The number of halogens is 1. The number of ether oxygens (including phenoxy) is 1. The number of hydrogen-bond donors (Lipinski definition) is 0. The van der Waals surface area contributed by atoms with Crippen LogP contribution in [0.2, 0.25) is 5.02 Å². The molecule has 0 bridgehead atoms. The summed E-state index contributed by atoms with van der Waals surface area (Å²) in [5.41, 5.74) is 0.992. The highest BCUT2D eigenvalue weighted by atomic mass is 35.5. The van der Waals surface area contributed by atoms with E-state index in [0.29, 0.717) is 16.9 Å². The lowest BCUT2D eigenvalue weighted by atomic mass is 10.1. The lowest BCUT2D eigenvalue weighted by Gasteiger charge is -2.09. The molecule has 0 aliphatic carbocycles. The fourth-order valence-corrected chi connectivity index (χ4v) is 1.85. The van der Waals surface area contributed by atoms with Gasteiger partial charge in [-0.1, -0.05) is 23.2 Å². The molecule has 0 radical (unpaired) electrons. The molecule has 20 heavy (non-hydrogen) atoms. The van der Waals surface area contributed by atoms with E-state index in [2.05, 4.69) is 0 Å². The maximum Gasteiger partial charge on any atom is 0.311 e. The molecular weight excluding hydrogens is 282 g/mol. The van der Waals surface area contributed by atoms with E-state index in [1.165, 1.54) is 18.2 Å². The Balaban J connectivity index is 2.46. The van der Waals surface area contributed by atoms with Crippen molar-refractivity contribution in [1.29, 1.82) is 0 Å². The Morgan fingerprint density at radius 1 is 1.20 bits per heavy atom. The van der Waals surface area contributed by atoms with Crippen molar-refractivity contribution in [2.75, 3.05) is 0 Å². The second-order valence-electron chi connectivity index (χ2n) is 4.13. The quantitative estimate of drug-likeness (QED) is 0.482. The summed E-state index contributed by atoms with van der Waals surface area (Å²) in [5.74, 6) is 0.241. The van der Waals surface area contributed by atoms with Crippen LogP contribution in [-0.2, 0) is 0 Å². The summed E-state index contributed by atoms with van der Waals surface area (Å²) < 4.78 is 5.47.